The monoisotopic (exact) mass is 266 g/mol. The quantitative estimate of drug-likeness (QED) is 0.499. The molecule has 0 amide bonds. The molecule has 5 heteroatoms. The lowest BCUT2D eigenvalue weighted by atomic mass is 10.1. The highest BCUT2D eigenvalue weighted by Crippen LogP contribution is 2.36. The van der Waals surface area contributed by atoms with Crippen LogP contribution in [0.15, 0.2) is 28.8 Å². The van der Waals surface area contributed by atoms with Crippen LogP contribution >= 0.6 is 0 Å². The highest BCUT2D eigenvalue weighted by Gasteiger charge is 2.17. The lowest BCUT2D eigenvalue weighted by Crippen LogP contribution is -2.02. The van der Waals surface area contributed by atoms with Crippen molar-refractivity contribution in [1.82, 2.24) is 4.98 Å². The van der Waals surface area contributed by atoms with E-state index in [0.717, 1.165) is 10.9 Å². The minimum Gasteiger partial charge on any atom is -0.445 e. The van der Waals surface area contributed by atoms with Crippen molar-refractivity contribution >= 4 is 27.8 Å². The number of aryl methyl sites for hydroxylation is 1. The lowest BCUT2D eigenvalue weighted by molar-refractivity contribution is -0.131. The Labute approximate surface area is 114 Å². The number of carbonyl (C=O) groups is 1. The fraction of sp³-hybridized carbons (Fsp3) is 0.133. The van der Waals surface area contributed by atoms with E-state index in [1.54, 1.807) is 25.3 Å². The molecule has 0 aliphatic heterocycles. The van der Waals surface area contributed by atoms with E-state index in [1.807, 2.05) is 12.1 Å². The number of rotatable bonds is 1. The van der Waals surface area contributed by atoms with Crippen LogP contribution in [0.25, 0.3) is 21.9 Å². The predicted octanol–water partition coefficient (Wildman–Crippen LogP) is 3.09. The van der Waals surface area contributed by atoms with Crippen LogP contribution in [0.2, 0.25) is 0 Å². The number of pyridine rings is 1. The second-order valence-corrected chi connectivity index (χ2v) is 4.41. The highest BCUT2D eigenvalue weighted by molar-refractivity contribution is 6.07. The number of hydrogen-bond donors (Lipinski definition) is 0. The van der Waals surface area contributed by atoms with Crippen molar-refractivity contribution in [3.8, 4) is 11.8 Å². The lowest BCUT2D eigenvalue weighted by Gasteiger charge is -2.05. The average Bonchev–Trinajstić information content (AvgIpc) is 2.76. The number of nitrogens with zero attached hydrogens (tertiary/aromatic N) is 2. The van der Waals surface area contributed by atoms with Crippen LogP contribution in [0.3, 0.4) is 0 Å². The predicted molar refractivity (Wildman–Crippen MR) is 72.3 cm³/mol. The van der Waals surface area contributed by atoms with E-state index in [-0.39, 0.29) is 5.76 Å². The zero-order valence-corrected chi connectivity index (χ0v) is 10.9. The normalized spacial score (nSPS) is 10.7. The van der Waals surface area contributed by atoms with E-state index < -0.39 is 5.97 Å². The first-order valence-corrected chi connectivity index (χ1v) is 6.01. The van der Waals surface area contributed by atoms with Crippen LogP contribution in [0.5, 0.6) is 5.75 Å². The van der Waals surface area contributed by atoms with Crippen LogP contribution in [0.4, 0.5) is 0 Å². The van der Waals surface area contributed by atoms with Gasteiger partial charge >= 0.3 is 5.97 Å². The fourth-order valence-corrected chi connectivity index (χ4v) is 2.22. The zero-order chi connectivity index (χ0) is 14.3. The SMILES string of the molecule is CC(=O)Oc1cc2c(C)c(C#N)oc2c2cccnc12. The molecule has 3 aromatic rings. The van der Waals surface area contributed by atoms with Crippen LogP contribution < -0.4 is 4.74 Å². The Balaban J connectivity index is 2.47. The van der Waals surface area contributed by atoms with Gasteiger partial charge in [-0.2, -0.15) is 5.26 Å². The molecule has 0 unspecified atom stereocenters. The molecule has 5 nitrogen and oxygen atoms in total. The standard InChI is InChI=1S/C15H10N2O3/c1-8-11-6-12(19-9(2)18)14-10(4-3-5-17-14)15(11)20-13(8)7-16/h3-6H,1-2H3. The second-order valence-electron chi connectivity index (χ2n) is 4.41. The Hall–Kier alpha value is -2.87. The van der Waals surface area contributed by atoms with Crippen molar-refractivity contribution in [2.24, 2.45) is 0 Å². The zero-order valence-electron chi connectivity index (χ0n) is 10.9. The summed E-state index contributed by atoms with van der Waals surface area (Å²) in [6.07, 6.45) is 1.61. The Bertz CT molecular complexity index is 887. The summed E-state index contributed by atoms with van der Waals surface area (Å²) in [6, 6.07) is 7.29. The molecule has 20 heavy (non-hydrogen) atoms. The molecule has 0 N–H and O–H groups in total. The van der Waals surface area contributed by atoms with Crippen molar-refractivity contribution in [3.05, 3.63) is 35.7 Å². The molecule has 2 aromatic heterocycles. The number of hydrogen-bond acceptors (Lipinski definition) is 5. The number of furan rings is 1. The van der Waals surface area contributed by atoms with Crippen molar-refractivity contribution in [2.75, 3.05) is 0 Å². The van der Waals surface area contributed by atoms with Crippen LogP contribution in [-0.4, -0.2) is 11.0 Å². The third kappa shape index (κ3) is 1.70. The number of fused-ring (bicyclic) bond motifs is 3. The van der Waals surface area contributed by atoms with E-state index in [0.29, 0.717) is 22.2 Å². The maximum Gasteiger partial charge on any atom is 0.308 e. The minimum atomic E-state index is -0.419. The van der Waals surface area contributed by atoms with E-state index in [1.165, 1.54) is 6.92 Å². The van der Waals surface area contributed by atoms with Gasteiger partial charge in [-0.15, -0.1) is 0 Å². The molecular formula is C15H10N2O3. The molecule has 0 saturated heterocycles. The Morgan fingerprint density at radius 3 is 2.95 bits per heavy atom. The maximum atomic E-state index is 11.2. The number of ether oxygens (including phenoxy) is 1. The Kier molecular flexibility index (Phi) is 2.65. The number of nitriles is 1. The fourth-order valence-electron chi connectivity index (χ4n) is 2.22. The Morgan fingerprint density at radius 1 is 1.45 bits per heavy atom. The molecule has 1 aromatic carbocycles. The molecule has 2 heterocycles. The first-order valence-electron chi connectivity index (χ1n) is 6.01. The molecule has 0 spiro atoms. The molecule has 0 saturated carbocycles. The van der Waals surface area contributed by atoms with Gasteiger partial charge in [-0.05, 0) is 25.1 Å². The van der Waals surface area contributed by atoms with Gasteiger partial charge in [0.1, 0.15) is 17.2 Å². The summed E-state index contributed by atoms with van der Waals surface area (Å²) in [5, 5.41) is 10.5. The molecule has 0 radical (unpaired) electrons. The molecule has 0 bridgehead atoms. The third-order valence-electron chi connectivity index (χ3n) is 3.11. The van der Waals surface area contributed by atoms with Gasteiger partial charge in [0.25, 0.3) is 0 Å². The van der Waals surface area contributed by atoms with Gasteiger partial charge in [-0.25, -0.2) is 0 Å². The molecule has 98 valence electrons. The van der Waals surface area contributed by atoms with Gasteiger partial charge in [0, 0.05) is 29.5 Å². The summed E-state index contributed by atoms with van der Waals surface area (Å²) in [5.41, 5.74) is 1.84. The summed E-state index contributed by atoms with van der Waals surface area (Å²) in [7, 11) is 0. The summed E-state index contributed by atoms with van der Waals surface area (Å²) in [4.78, 5) is 15.4. The van der Waals surface area contributed by atoms with Crippen LogP contribution in [0, 0.1) is 18.3 Å². The van der Waals surface area contributed by atoms with Crippen molar-refractivity contribution in [1.29, 1.82) is 5.26 Å². The van der Waals surface area contributed by atoms with Gasteiger partial charge < -0.3 is 9.15 Å². The van der Waals surface area contributed by atoms with E-state index >= 15 is 0 Å². The van der Waals surface area contributed by atoms with Crippen LogP contribution in [-0.2, 0) is 4.79 Å². The summed E-state index contributed by atoms with van der Waals surface area (Å²) < 4.78 is 10.8. The van der Waals surface area contributed by atoms with E-state index in [9.17, 15) is 4.79 Å². The van der Waals surface area contributed by atoms with Gasteiger partial charge in [-0.1, -0.05) is 0 Å². The number of benzene rings is 1. The second kappa shape index (κ2) is 4.35. The van der Waals surface area contributed by atoms with Gasteiger partial charge in [0.2, 0.25) is 5.76 Å². The van der Waals surface area contributed by atoms with Crippen LogP contribution in [0.1, 0.15) is 18.2 Å². The third-order valence-corrected chi connectivity index (χ3v) is 3.11. The first-order chi connectivity index (χ1) is 9.61. The van der Waals surface area contributed by atoms with Gasteiger partial charge in [0.05, 0.1) is 0 Å². The number of esters is 1. The van der Waals surface area contributed by atoms with Gasteiger partial charge in [-0.3, -0.25) is 9.78 Å². The first kappa shape index (κ1) is 12.2. The smallest absolute Gasteiger partial charge is 0.308 e. The highest BCUT2D eigenvalue weighted by atomic mass is 16.5. The van der Waals surface area contributed by atoms with Gasteiger partial charge in [0.15, 0.2) is 5.75 Å². The number of aromatic nitrogens is 1. The molecule has 3 rings (SSSR count). The molecule has 0 aliphatic carbocycles. The summed E-state index contributed by atoms with van der Waals surface area (Å²) >= 11 is 0. The van der Waals surface area contributed by atoms with E-state index in [4.69, 9.17) is 14.4 Å². The van der Waals surface area contributed by atoms with Crippen molar-refractivity contribution in [3.63, 3.8) is 0 Å². The summed E-state index contributed by atoms with van der Waals surface area (Å²) in [5.74, 6) is 0.206. The average molecular weight is 266 g/mol. The Morgan fingerprint density at radius 2 is 2.25 bits per heavy atom. The summed E-state index contributed by atoms with van der Waals surface area (Å²) in [6.45, 7) is 3.13. The van der Waals surface area contributed by atoms with E-state index in [2.05, 4.69) is 4.98 Å². The molecule has 0 atom stereocenters. The minimum absolute atomic E-state index is 0.255. The molecule has 0 aliphatic rings. The molecular weight excluding hydrogens is 256 g/mol. The molecule has 0 fully saturated rings. The van der Waals surface area contributed by atoms with Crippen molar-refractivity contribution < 1.29 is 13.9 Å². The largest absolute Gasteiger partial charge is 0.445 e. The topological polar surface area (TPSA) is 76.1 Å². The maximum absolute atomic E-state index is 11.2. The van der Waals surface area contributed by atoms with Crippen molar-refractivity contribution in [2.45, 2.75) is 13.8 Å². The number of carbonyl (C=O) groups excluding carboxylic acids is 1.